The Labute approximate surface area is 97.3 Å². The number of thiazole rings is 1. The van der Waals surface area contributed by atoms with Crippen molar-refractivity contribution in [1.82, 2.24) is 9.97 Å². The molecule has 2 heterocycles. The van der Waals surface area contributed by atoms with Crippen LogP contribution >= 0.6 is 27.3 Å². The van der Waals surface area contributed by atoms with Gasteiger partial charge in [-0.05, 0) is 22.9 Å². The van der Waals surface area contributed by atoms with E-state index < -0.39 is 6.09 Å². The number of amides is 1. The minimum atomic E-state index is -1.12. The Balaban J connectivity index is 2.58. The van der Waals surface area contributed by atoms with Gasteiger partial charge in [-0.3, -0.25) is 5.32 Å². The molecule has 2 N–H and O–H groups in total. The predicted molar refractivity (Wildman–Crippen MR) is 61.5 cm³/mol. The molecule has 0 fully saturated rings. The number of hydrogen-bond donors (Lipinski definition) is 2. The summed E-state index contributed by atoms with van der Waals surface area (Å²) in [6.07, 6.45) is 0.349. The maximum atomic E-state index is 10.5. The van der Waals surface area contributed by atoms with Crippen LogP contribution in [0.3, 0.4) is 0 Å². The molecule has 2 aromatic heterocycles. The molecule has 0 saturated carbocycles. The predicted octanol–water partition coefficient (Wildman–Crippen LogP) is 2.85. The van der Waals surface area contributed by atoms with Crippen LogP contribution < -0.4 is 5.32 Å². The molecule has 0 aliphatic heterocycles. The molecule has 0 bridgehead atoms. The van der Waals surface area contributed by atoms with Gasteiger partial charge >= 0.3 is 6.09 Å². The van der Waals surface area contributed by atoms with E-state index in [1.807, 2.05) is 6.92 Å². The second-order valence-electron chi connectivity index (χ2n) is 2.80. The van der Waals surface area contributed by atoms with E-state index >= 15 is 0 Å². The molecule has 0 unspecified atom stereocenters. The van der Waals surface area contributed by atoms with Gasteiger partial charge in [-0.1, -0.05) is 11.3 Å². The van der Waals surface area contributed by atoms with Gasteiger partial charge in [0, 0.05) is 0 Å². The summed E-state index contributed by atoms with van der Waals surface area (Å²) in [6, 6.07) is 0. The standard InChI is InChI=1S/C8H6BrN3O2S/c1-3-11-6-5(9)4(12-8(13)14)2-10-7(6)15-3/h2,12H,1H3,(H,13,14). The van der Waals surface area contributed by atoms with Gasteiger partial charge in [-0.15, -0.1) is 0 Å². The summed E-state index contributed by atoms with van der Waals surface area (Å²) >= 11 is 4.77. The van der Waals surface area contributed by atoms with E-state index in [0.29, 0.717) is 15.7 Å². The molecule has 0 aliphatic rings. The fraction of sp³-hybridized carbons (Fsp3) is 0.125. The lowest BCUT2D eigenvalue weighted by molar-refractivity contribution is 0.209. The summed E-state index contributed by atoms with van der Waals surface area (Å²) in [5.41, 5.74) is 1.09. The summed E-state index contributed by atoms with van der Waals surface area (Å²) in [6.45, 7) is 1.88. The van der Waals surface area contributed by atoms with Gasteiger partial charge in [-0.2, -0.15) is 0 Å². The number of halogens is 1. The Morgan fingerprint density at radius 2 is 2.40 bits per heavy atom. The third-order valence-corrected chi connectivity index (χ3v) is 3.39. The topological polar surface area (TPSA) is 75.1 Å². The van der Waals surface area contributed by atoms with E-state index in [1.54, 1.807) is 0 Å². The van der Waals surface area contributed by atoms with Crippen LogP contribution in [-0.2, 0) is 0 Å². The Hall–Kier alpha value is -1.21. The Bertz CT molecular complexity index is 540. The molecule has 0 spiro atoms. The zero-order chi connectivity index (χ0) is 11.0. The zero-order valence-corrected chi connectivity index (χ0v) is 10.0. The van der Waals surface area contributed by atoms with Gasteiger partial charge in [0.15, 0.2) is 0 Å². The van der Waals surface area contributed by atoms with Crippen LogP contribution in [0.4, 0.5) is 10.5 Å². The van der Waals surface area contributed by atoms with Crippen LogP contribution in [0, 0.1) is 6.92 Å². The number of nitrogens with zero attached hydrogens (tertiary/aromatic N) is 2. The molecule has 0 radical (unpaired) electrons. The molecular weight excluding hydrogens is 282 g/mol. The van der Waals surface area contributed by atoms with Crippen molar-refractivity contribution >= 4 is 49.4 Å². The van der Waals surface area contributed by atoms with E-state index in [9.17, 15) is 4.79 Å². The average molecular weight is 288 g/mol. The van der Waals surface area contributed by atoms with Gasteiger partial charge in [0.25, 0.3) is 0 Å². The number of hydrogen-bond acceptors (Lipinski definition) is 4. The van der Waals surface area contributed by atoms with Crippen LogP contribution in [0.25, 0.3) is 10.3 Å². The second kappa shape index (κ2) is 3.74. The first-order chi connectivity index (χ1) is 7.08. The summed E-state index contributed by atoms with van der Waals surface area (Å²) in [4.78, 5) is 19.6. The molecule has 15 heavy (non-hydrogen) atoms. The van der Waals surface area contributed by atoms with E-state index in [1.165, 1.54) is 17.5 Å². The van der Waals surface area contributed by atoms with Crippen LogP contribution in [0.2, 0.25) is 0 Å². The van der Waals surface area contributed by atoms with E-state index in [0.717, 1.165) is 9.84 Å². The van der Waals surface area contributed by atoms with E-state index in [2.05, 4.69) is 31.2 Å². The number of fused-ring (bicyclic) bond motifs is 1. The third kappa shape index (κ3) is 1.93. The SMILES string of the molecule is Cc1nc2c(Br)c(NC(=O)O)cnc2s1. The number of aryl methyl sites for hydroxylation is 1. The van der Waals surface area contributed by atoms with Crippen molar-refractivity contribution in [3.05, 3.63) is 15.7 Å². The van der Waals surface area contributed by atoms with E-state index in [-0.39, 0.29) is 0 Å². The van der Waals surface area contributed by atoms with E-state index in [4.69, 9.17) is 5.11 Å². The number of anilines is 1. The lowest BCUT2D eigenvalue weighted by Gasteiger charge is -2.02. The normalized spacial score (nSPS) is 10.5. The van der Waals surface area contributed by atoms with Crippen LogP contribution in [0.5, 0.6) is 0 Å². The van der Waals surface area contributed by atoms with Crippen molar-refractivity contribution in [1.29, 1.82) is 0 Å². The molecule has 1 amide bonds. The number of nitrogens with one attached hydrogen (secondary N) is 1. The maximum Gasteiger partial charge on any atom is 0.409 e. The lowest BCUT2D eigenvalue weighted by Crippen LogP contribution is -2.08. The first kappa shape index (κ1) is 10.3. The fourth-order valence-electron chi connectivity index (χ4n) is 1.16. The molecule has 78 valence electrons. The fourth-order valence-corrected chi connectivity index (χ4v) is 2.53. The highest BCUT2D eigenvalue weighted by atomic mass is 79.9. The van der Waals surface area contributed by atoms with Crippen LogP contribution in [0.15, 0.2) is 10.7 Å². The van der Waals surface area contributed by atoms with Crippen molar-refractivity contribution in [3.63, 3.8) is 0 Å². The molecule has 0 atom stereocenters. The van der Waals surface area contributed by atoms with Gasteiger partial charge in [0.2, 0.25) is 0 Å². The molecule has 0 aliphatic carbocycles. The quantitative estimate of drug-likeness (QED) is 0.846. The zero-order valence-electron chi connectivity index (χ0n) is 7.61. The minimum Gasteiger partial charge on any atom is -0.465 e. The first-order valence-corrected chi connectivity index (χ1v) is 5.60. The highest BCUT2D eigenvalue weighted by molar-refractivity contribution is 9.10. The van der Waals surface area contributed by atoms with Crippen LogP contribution in [-0.4, -0.2) is 21.2 Å². The minimum absolute atomic E-state index is 0.403. The maximum absolute atomic E-state index is 10.5. The highest BCUT2D eigenvalue weighted by Crippen LogP contribution is 2.31. The molecule has 2 aromatic rings. The molecule has 0 aromatic carbocycles. The smallest absolute Gasteiger partial charge is 0.409 e. The highest BCUT2D eigenvalue weighted by Gasteiger charge is 2.11. The molecule has 2 rings (SSSR count). The first-order valence-electron chi connectivity index (χ1n) is 3.99. The Morgan fingerprint density at radius 1 is 1.67 bits per heavy atom. The van der Waals surface area contributed by atoms with Crippen molar-refractivity contribution in [3.8, 4) is 0 Å². The average Bonchev–Trinajstić information content (AvgIpc) is 2.51. The lowest BCUT2D eigenvalue weighted by atomic mass is 10.4. The largest absolute Gasteiger partial charge is 0.465 e. The Kier molecular flexibility index (Phi) is 2.57. The van der Waals surface area contributed by atoms with Gasteiger partial charge in [0.05, 0.1) is 21.4 Å². The van der Waals surface area contributed by atoms with Crippen molar-refractivity contribution < 1.29 is 9.90 Å². The van der Waals surface area contributed by atoms with Gasteiger partial charge in [0.1, 0.15) is 10.3 Å². The number of aromatic nitrogens is 2. The second-order valence-corrected chi connectivity index (χ2v) is 4.78. The molecule has 0 saturated heterocycles. The molecule has 5 nitrogen and oxygen atoms in total. The number of pyridine rings is 1. The van der Waals surface area contributed by atoms with Gasteiger partial charge < -0.3 is 5.11 Å². The summed E-state index contributed by atoms with van der Waals surface area (Å²) < 4.78 is 0.624. The Morgan fingerprint density at radius 3 is 3.07 bits per heavy atom. The molecule has 7 heteroatoms. The monoisotopic (exact) mass is 287 g/mol. The van der Waals surface area contributed by atoms with Crippen molar-refractivity contribution in [2.24, 2.45) is 0 Å². The third-order valence-electron chi connectivity index (χ3n) is 1.71. The summed E-state index contributed by atoms with van der Waals surface area (Å²) in [5, 5.41) is 11.7. The van der Waals surface area contributed by atoms with Crippen molar-refractivity contribution in [2.75, 3.05) is 5.32 Å². The summed E-state index contributed by atoms with van der Waals surface area (Å²) in [5.74, 6) is 0. The molecular formula is C8H6BrN3O2S. The van der Waals surface area contributed by atoms with Gasteiger partial charge in [-0.25, -0.2) is 14.8 Å². The van der Waals surface area contributed by atoms with Crippen molar-refractivity contribution in [2.45, 2.75) is 6.92 Å². The number of rotatable bonds is 1. The number of carbonyl (C=O) groups is 1. The van der Waals surface area contributed by atoms with Crippen LogP contribution in [0.1, 0.15) is 5.01 Å². The number of carboxylic acid groups (broad SMARTS) is 1. The summed E-state index contributed by atoms with van der Waals surface area (Å²) in [7, 11) is 0.